The van der Waals surface area contributed by atoms with Gasteiger partial charge in [0.1, 0.15) is 5.75 Å². The Bertz CT molecular complexity index is 360. The molecule has 0 amide bonds. The standard InChI is InChI=1S/C8H9F2NO2/c1-4-6(13-2)3-5(7(9)10)8(12)11-4/h3,7H,1-2H3,(H,11,12). The molecule has 0 aliphatic heterocycles. The van der Waals surface area contributed by atoms with E-state index in [2.05, 4.69) is 4.98 Å². The van der Waals surface area contributed by atoms with Gasteiger partial charge in [-0.3, -0.25) is 4.79 Å². The zero-order valence-electron chi connectivity index (χ0n) is 7.23. The second-order valence-electron chi connectivity index (χ2n) is 2.55. The largest absolute Gasteiger partial charge is 0.495 e. The van der Waals surface area contributed by atoms with Gasteiger partial charge in [0.15, 0.2) is 0 Å². The molecule has 0 atom stereocenters. The van der Waals surface area contributed by atoms with Crippen LogP contribution < -0.4 is 10.3 Å². The Morgan fingerprint density at radius 2 is 2.15 bits per heavy atom. The molecule has 3 nitrogen and oxygen atoms in total. The number of hydrogen-bond acceptors (Lipinski definition) is 2. The first kappa shape index (κ1) is 9.70. The summed E-state index contributed by atoms with van der Waals surface area (Å²) in [6.45, 7) is 1.58. The summed E-state index contributed by atoms with van der Waals surface area (Å²) in [7, 11) is 1.36. The molecule has 5 heteroatoms. The van der Waals surface area contributed by atoms with E-state index in [1.807, 2.05) is 0 Å². The first-order chi connectivity index (χ1) is 6.06. The summed E-state index contributed by atoms with van der Waals surface area (Å²) in [5.74, 6) is 0.259. The SMILES string of the molecule is COc1cc(C(F)F)c(=O)[nH]c1C. The van der Waals surface area contributed by atoms with Crippen LogP contribution in [0.25, 0.3) is 0 Å². The summed E-state index contributed by atoms with van der Waals surface area (Å²) in [5, 5.41) is 0. The van der Waals surface area contributed by atoms with Crippen molar-refractivity contribution < 1.29 is 13.5 Å². The predicted molar refractivity (Wildman–Crippen MR) is 43.3 cm³/mol. The summed E-state index contributed by atoms with van der Waals surface area (Å²) in [5.41, 5.74) is -0.896. The van der Waals surface area contributed by atoms with Gasteiger partial charge >= 0.3 is 0 Å². The van der Waals surface area contributed by atoms with Crippen LogP contribution in [-0.4, -0.2) is 12.1 Å². The van der Waals surface area contributed by atoms with Crippen molar-refractivity contribution in [2.24, 2.45) is 0 Å². The molecule has 0 aliphatic rings. The molecule has 72 valence electrons. The number of ether oxygens (including phenoxy) is 1. The normalized spacial score (nSPS) is 10.5. The molecule has 1 N–H and O–H groups in total. The van der Waals surface area contributed by atoms with Crippen LogP contribution in [-0.2, 0) is 0 Å². The van der Waals surface area contributed by atoms with Crippen LogP contribution >= 0.6 is 0 Å². The Morgan fingerprint density at radius 1 is 1.54 bits per heavy atom. The second kappa shape index (κ2) is 3.55. The van der Waals surface area contributed by atoms with Crippen molar-refractivity contribution >= 4 is 0 Å². The van der Waals surface area contributed by atoms with Gasteiger partial charge in [-0.05, 0) is 13.0 Å². The highest BCUT2D eigenvalue weighted by atomic mass is 19.3. The number of aromatic nitrogens is 1. The first-order valence-corrected chi connectivity index (χ1v) is 3.62. The number of pyridine rings is 1. The third kappa shape index (κ3) is 1.85. The quantitative estimate of drug-likeness (QED) is 0.768. The van der Waals surface area contributed by atoms with Crippen LogP contribution in [0, 0.1) is 6.92 Å². The maximum atomic E-state index is 12.2. The zero-order chi connectivity index (χ0) is 10.0. The average molecular weight is 189 g/mol. The number of aryl methyl sites for hydroxylation is 1. The van der Waals surface area contributed by atoms with Crippen molar-refractivity contribution in [2.45, 2.75) is 13.3 Å². The van der Waals surface area contributed by atoms with Crippen molar-refractivity contribution in [3.05, 3.63) is 27.7 Å². The first-order valence-electron chi connectivity index (χ1n) is 3.62. The lowest BCUT2D eigenvalue weighted by Crippen LogP contribution is -2.14. The van der Waals surface area contributed by atoms with Crippen LogP contribution in [0.5, 0.6) is 5.75 Å². The van der Waals surface area contributed by atoms with Crippen molar-refractivity contribution in [3.63, 3.8) is 0 Å². The highest BCUT2D eigenvalue weighted by molar-refractivity contribution is 5.31. The maximum Gasteiger partial charge on any atom is 0.269 e. The highest BCUT2D eigenvalue weighted by Crippen LogP contribution is 2.20. The summed E-state index contributed by atoms with van der Waals surface area (Å²) >= 11 is 0. The van der Waals surface area contributed by atoms with E-state index < -0.39 is 17.5 Å². The van der Waals surface area contributed by atoms with Gasteiger partial charge in [0.2, 0.25) is 0 Å². The van der Waals surface area contributed by atoms with Gasteiger partial charge in [0, 0.05) is 0 Å². The van der Waals surface area contributed by atoms with Gasteiger partial charge in [-0.15, -0.1) is 0 Å². The van der Waals surface area contributed by atoms with E-state index in [1.54, 1.807) is 6.92 Å². The van der Waals surface area contributed by atoms with Gasteiger partial charge in [-0.1, -0.05) is 0 Å². The maximum absolute atomic E-state index is 12.2. The van der Waals surface area contributed by atoms with Gasteiger partial charge in [0.05, 0.1) is 18.4 Å². The van der Waals surface area contributed by atoms with Gasteiger partial charge in [-0.2, -0.15) is 0 Å². The van der Waals surface area contributed by atoms with E-state index in [1.165, 1.54) is 7.11 Å². The molecule has 0 radical (unpaired) electrons. The molecule has 1 aromatic heterocycles. The van der Waals surface area contributed by atoms with Crippen molar-refractivity contribution in [3.8, 4) is 5.75 Å². The van der Waals surface area contributed by atoms with Crippen LogP contribution in [0.3, 0.4) is 0 Å². The molecule has 0 aliphatic carbocycles. The van der Waals surface area contributed by atoms with Crippen molar-refractivity contribution in [1.29, 1.82) is 0 Å². The molecule has 1 rings (SSSR count). The van der Waals surface area contributed by atoms with Crippen LogP contribution in [0.4, 0.5) is 8.78 Å². The Hall–Kier alpha value is -1.39. The average Bonchev–Trinajstić information content (AvgIpc) is 2.03. The summed E-state index contributed by atoms with van der Waals surface area (Å²) < 4.78 is 29.2. The molecular weight excluding hydrogens is 180 g/mol. The van der Waals surface area contributed by atoms with E-state index >= 15 is 0 Å². The van der Waals surface area contributed by atoms with E-state index in [0.29, 0.717) is 5.69 Å². The van der Waals surface area contributed by atoms with Crippen LogP contribution in [0.15, 0.2) is 10.9 Å². The number of hydrogen-bond donors (Lipinski definition) is 1. The number of methoxy groups -OCH3 is 1. The minimum absolute atomic E-state index is 0.259. The van der Waals surface area contributed by atoms with Crippen LogP contribution in [0.2, 0.25) is 0 Å². The zero-order valence-corrected chi connectivity index (χ0v) is 7.23. The Balaban J connectivity index is 3.31. The van der Waals surface area contributed by atoms with Crippen LogP contribution in [0.1, 0.15) is 17.7 Å². The predicted octanol–water partition coefficient (Wildman–Crippen LogP) is 1.63. The lowest BCUT2D eigenvalue weighted by Gasteiger charge is -2.05. The van der Waals surface area contributed by atoms with Crippen molar-refractivity contribution in [2.75, 3.05) is 7.11 Å². The van der Waals surface area contributed by atoms with E-state index in [-0.39, 0.29) is 5.75 Å². The molecule has 0 spiro atoms. The third-order valence-electron chi connectivity index (χ3n) is 1.67. The van der Waals surface area contributed by atoms with E-state index in [4.69, 9.17) is 4.74 Å². The van der Waals surface area contributed by atoms with Gasteiger partial charge < -0.3 is 9.72 Å². The minimum Gasteiger partial charge on any atom is -0.495 e. The molecule has 13 heavy (non-hydrogen) atoms. The lowest BCUT2D eigenvalue weighted by atomic mass is 10.2. The molecule has 1 heterocycles. The van der Waals surface area contributed by atoms with E-state index in [9.17, 15) is 13.6 Å². The number of H-pyrrole nitrogens is 1. The molecule has 0 saturated heterocycles. The fourth-order valence-electron chi connectivity index (χ4n) is 0.993. The molecule has 0 unspecified atom stereocenters. The number of halogens is 2. The fourth-order valence-corrected chi connectivity index (χ4v) is 0.993. The molecule has 0 bridgehead atoms. The summed E-state index contributed by atoms with van der Waals surface area (Å²) in [6, 6.07) is 1.05. The number of rotatable bonds is 2. The summed E-state index contributed by atoms with van der Waals surface area (Å²) in [4.78, 5) is 13.2. The van der Waals surface area contributed by atoms with Gasteiger partial charge in [0.25, 0.3) is 12.0 Å². The Labute approximate surface area is 73.4 Å². The summed E-state index contributed by atoms with van der Waals surface area (Å²) in [6.07, 6.45) is -2.78. The highest BCUT2D eigenvalue weighted by Gasteiger charge is 2.14. The van der Waals surface area contributed by atoms with Crippen molar-refractivity contribution in [1.82, 2.24) is 4.98 Å². The molecule has 1 aromatic rings. The van der Waals surface area contributed by atoms with Gasteiger partial charge in [-0.25, -0.2) is 8.78 Å². The Morgan fingerprint density at radius 3 is 2.62 bits per heavy atom. The third-order valence-corrected chi connectivity index (χ3v) is 1.67. The second-order valence-corrected chi connectivity index (χ2v) is 2.55. The van der Waals surface area contributed by atoms with E-state index in [0.717, 1.165) is 6.07 Å². The molecule has 0 fully saturated rings. The number of nitrogens with one attached hydrogen (secondary N) is 1. The number of aromatic amines is 1. The molecule has 0 saturated carbocycles. The fraction of sp³-hybridized carbons (Fsp3) is 0.375. The smallest absolute Gasteiger partial charge is 0.269 e. The monoisotopic (exact) mass is 189 g/mol. The number of alkyl halides is 2. The minimum atomic E-state index is -2.78. The molecular formula is C8H9F2NO2. The topological polar surface area (TPSA) is 42.1 Å². The Kier molecular flexibility index (Phi) is 2.65. The molecule has 0 aromatic carbocycles. The lowest BCUT2D eigenvalue weighted by molar-refractivity contribution is 0.149.